The van der Waals surface area contributed by atoms with Crippen LogP contribution in [0.2, 0.25) is 0 Å². The Labute approximate surface area is 93.0 Å². The van der Waals surface area contributed by atoms with Crippen LogP contribution in [-0.2, 0) is 4.79 Å². The van der Waals surface area contributed by atoms with Crippen LogP contribution in [0.5, 0.6) is 0 Å². The Morgan fingerprint density at radius 1 is 1.33 bits per heavy atom. The summed E-state index contributed by atoms with van der Waals surface area (Å²) in [7, 11) is 0. The summed E-state index contributed by atoms with van der Waals surface area (Å²) in [5.74, 6) is -0.702. The Kier molecular flexibility index (Phi) is 6.57. The molecule has 0 aliphatic carbocycles. The van der Waals surface area contributed by atoms with Crippen LogP contribution in [0, 0.1) is 5.41 Å². The van der Waals surface area contributed by atoms with Gasteiger partial charge in [-0.3, -0.25) is 4.79 Å². The van der Waals surface area contributed by atoms with Gasteiger partial charge < -0.3 is 10.8 Å². The van der Waals surface area contributed by atoms with Gasteiger partial charge in [-0.1, -0.05) is 33.6 Å². The molecule has 3 heteroatoms. The summed E-state index contributed by atoms with van der Waals surface area (Å²) in [6.07, 6.45) is 4.97. The van der Waals surface area contributed by atoms with Gasteiger partial charge in [0.1, 0.15) is 0 Å². The minimum absolute atomic E-state index is 0.133. The summed E-state index contributed by atoms with van der Waals surface area (Å²) in [6.45, 7) is 6.35. The molecule has 0 bridgehead atoms. The molecule has 0 saturated heterocycles. The largest absolute Gasteiger partial charge is 0.481 e. The predicted octanol–water partition coefficient (Wildman–Crippen LogP) is 2.79. The third-order valence-electron chi connectivity index (χ3n) is 3.59. The zero-order valence-corrected chi connectivity index (χ0v) is 10.3. The van der Waals surface area contributed by atoms with Crippen LogP contribution in [0.3, 0.4) is 0 Å². The maximum Gasteiger partial charge on any atom is 0.303 e. The van der Waals surface area contributed by atoms with Gasteiger partial charge in [0.2, 0.25) is 0 Å². The first kappa shape index (κ1) is 14.4. The highest BCUT2D eigenvalue weighted by atomic mass is 16.4. The first-order chi connectivity index (χ1) is 6.99. The molecule has 0 saturated carbocycles. The first-order valence-corrected chi connectivity index (χ1v) is 5.97. The van der Waals surface area contributed by atoms with Crippen molar-refractivity contribution in [3.8, 4) is 0 Å². The number of nitrogens with two attached hydrogens (primary N) is 1. The lowest BCUT2D eigenvalue weighted by Crippen LogP contribution is -2.31. The topological polar surface area (TPSA) is 63.3 Å². The van der Waals surface area contributed by atoms with E-state index in [1.807, 2.05) is 0 Å². The number of carbonyl (C=O) groups is 1. The van der Waals surface area contributed by atoms with E-state index in [1.54, 1.807) is 0 Å². The summed E-state index contributed by atoms with van der Waals surface area (Å²) in [6, 6.07) is 0.207. The van der Waals surface area contributed by atoms with Crippen LogP contribution in [0.1, 0.15) is 59.3 Å². The molecule has 0 aromatic heterocycles. The Bertz CT molecular complexity index is 188. The highest BCUT2D eigenvalue weighted by Gasteiger charge is 2.28. The van der Waals surface area contributed by atoms with E-state index in [4.69, 9.17) is 10.8 Å². The van der Waals surface area contributed by atoms with Gasteiger partial charge in [0.15, 0.2) is 0 Å². The average Bonchev–Trinajstić information content (AvgIpc) is 2.24. The minimum atomic E-state index is -0.702. The molecule has 0 rings (SSSR count). The fourth-order valence-electron chi connectivity index (χ4n) is 2.07. The summed E-state index contributed by atoms with van der Waals surface area (Å²) < 4.78 is 0. The van der Waals surface area contributed by atoms with Gasteiger partial charge >= 0.3 is 5.97 Å². The van der Waals surface area contributed by atoms with E-state index >= 15 is 0 Å². The van der Waals surface area contributed by atoms with Crippen LogP contribution in [0.15, 0.2) is 0 Å². The maximum absolute atomic E-state index is 10.6. The number of hydrogen-bond acceptors (Lipinski definition) is 2. The second-order valence-electron chi connectivity index (χ2n) is 4.47. The highest BCUT2D eigenvalue weighted by molar-refractivity contribution is 5.66. The third-order valence-corrected chi connectivity index (χ3v) is 3.59. The van der Waals surface area contributed by atoms with Crippen LogP contribution in [0.4, 0.5) is 0 Å². The molecule has 0 radical (unpaired) electrons. The molecule has 0 amide bonds. The molecule has 0 heterocycles. The fraction of sp³-hybridized carbons (Fsp3) is 0.917. The Hall–Kier alpha value is -0.570. The van der Waals surface area contributed by atoms with Crippen molar-refractivity contribution in [1.29, 1.82) is 0 Å². The third kappa shape index (κ3) is 5.17. The molecule has 1 unspecified atom stereocenters. The Morgan fingerprint density at radius 3 is 2.20 bits per heavy atom. The normalized spacial score (nSPS) is 13.9. The molecule has 1 atom stereocenters. The quantitative estimate of drug-likeness (QED) is 0.654. The fourth-order valence-corrected chi connectivity index (χ4v) is 2.07. The zero-order valence-electron chi connectivity index (χ0n) is 10.3. The standard InChI is InChI=1S/C12H25NO2/c1-4-10(13)9-12(5-2,6-3)8-7-11(14)15/h10H,4-9,13H2,1-3H3,(H,14,15). The molecule has 0 spiro atoms. The van der Waals surface area contributed by atoms with E-state index in [9.17, 15) is 4.79 Å². The van der Waals surface area contributed by atoms with Crippen LogP contribution in [-0.4, -0.2) is 17.1 Å². The van der Waals surface area contributed by atoms with E-state index < -0.39 is 5.97 Å². The minimum Gasteiger partial charge on any atom is -0.481 e. The van der Waals surface area contributed by atoms with Gasteiger partial charge in [-0.15, -0.1) is 0 Å². The summed E-state index contributed by atoms with van der Waals surface area (Å²) >= 11 is 0. The van der Waals surface area contributed by atoms with E-state index in [1.165, 1.54) is 0 Å². The van der Waals surface area contributed by atoms with Gasteiger partial charge in [0.05, 0.1) is 0 Å². The van der Waals surface area contributed by atoms with E-state index in [0.717, 1.165) is 32.1 Å². The predicted molar refractivity (Wildman–Crippen MR) is 62.8 cm³/mol. The van der Waals surface area contributed by atoms with Gasteiger partial charge in [-0.25, -0.2) is 0 Å². The van der Waals surface area contributed by atoms with Crippen molar-refractivity contribution < 1.29 is 9.90 Å². The van der Waals surface area contributed by atoms with Crippen molar-refractivity contribution in [3.63, 3.8) is 0 Å². The molecule has 3 N–H and O–H groups in total. The monoisotopic (exact) mass is 215 g/mol. The Balaban J connectivity index is 4.35. The van der Waals surface area contributed by atoms with Crippen LogP contribution >= 0.6 is 0 Å². The van der Waals surface area contributed by atoms with Crippen molar-refractivity contribution in [2.45, 2.75) is 65.3 Å². The molecule has 0 aromatic rings. The summed E-state index contributed by atoms with van der Waals surface area (Å²) in [4.78, 5) is 10.6. The lowest BCUT2D eigenvalue weighted by molar-refractivity contribution is -0.137. The van der Waals surface area contributed by atoms with Crippen molar-refractivity contribution in [2.75, 3.05) is 0 Å². The number of aliphatic carboxylic acids is 1. The van der Waals surface area contributed by atoms with Crippen LogP contribution < -0.4 is 5.73 Å². The summed E-state index contributed by atoms with van der Waals surface area (Å²) in [5.41, 5.74) is 6.10. The molecule has 0 fully saturated rings. The molecule has 0 aliphatic heterocycles. The van der Waals surface area contributed by atoms with Crippen molar-refractivity contribution in [1.82, 2.24) is 0 Å². The first-order valence-electron chi connectivity index (χ1n) is 5.97. The second-order valence-corrected chi connectivity index (χ2v) is 4.47. The van der Waals surface area contributed by atoms with Crippen molar-refractivity contribution in [3.05, 3.63) is 0 Å². The van der Waals surface area contributed by atoms with Gasteiger partial charge in [-0.2, -0.15) is 0 Å². The number of rotatable bonds is 8. The van der Waals surface area contributed by atoms with Gasteiger partial charge in [-0.05, 0) is 24.7 Å². The number of carboxylic acids is 1. The van der Waals surface area contributed by atoms with E-state index in [2.05, 4.69) is 20.8 Å². The van der Waals surface area contributed by atoms with Crippen molar-refractivity contribution >= 4 is 5.97 Å². The van der Waals surface area contributed by atoms with Gasteiger partial charge in [0.25, 0.3) is 0 Å². The van der Waals surface area contributed by atoms with Crippen LogP contribution in [0.25, 0.3) is 0 Å². The molecule has 15 heavy (non-hydrogen) atoms. The highest BCUT2D eigenvalue weighted by Crippen LogP contribution is 2.37. The SMILES string of the molecule is CCC(N)CC(CC)(CC)CCC(=O)O. The molecule has 0 aliphatic rings. The molecule has 90 valence electrons. The van der Waals surface area contributed by atoms with E-state index in [-0.39, 0.29) is 17.9 Å². The smallest absolute Gasteiger partial charge is 0.303 e. The molecular formula is C12H25NO2. The number of hydrogen-bond donors (Lipinski definition) is 2. The zero-order chi connectivity index (χ0) is 11.9. The molecule has 0 aromatic carbocycles. The van der Waals surface area contributed by atoms with Gasteiger partial charge in [0, 0.05) is 12.5 Å². The second kappa shape index (κ2) is 6.83. The molecule has 3 nitrogen and oxygen atoms in total. The Morgan fingerprint density at radius 2 is 1.87 bits per heavy atom. The van der Waals surface area contributed by atoms with E-state index in [0.29, 0.717) is 0 Å². The number of carboxylic acid groups (broad SMARTS) is 1. The lowest BCUT2D eigenvalue weighted by atomic mass is 9.73. The lowest BCUT2D eigenvalue weighted by Gasteiger charge is -2.33. The van der Waals surface area contributed by atoms with Crippen molar-refractivity contribution in [2.24, 2.45) is 11.1 Å². The summed E-state index contributed by atoms with van der Waals surface area (Å²) in [5, 5.41) is 8.73. The molecular weight excluding hydrogens is 190 g/mol. The maximum atomic E-state index is 10.6. The average molecular weight is 215 g/mol.